The van der Waals surface area contributed by atoms with Crippen molar-refractivity contribution in [3.8, 4) is 0 Å². The Balaban J connectivity index is 0.000000430. The van der Waals surface area contributed by atoms with Crippen molar-refractivity contribution in [3.63, 3.8) is 0 Å². The van der Waals surface area contributed by atoms with Crippen molar-refractivity contribution in [1.29, 1.82) is 0 Å². The van der Waals surface area contributed by atoms with Crippen LogP contribution in [0.15, 0.2) is 72.8 Å². The summed E-state index contributed by atoms with van der Waals surface area (Å²) in [5.74, 6) is 0.660. The molecule has 0 radical (unpaired) electrons. The van der Waals surface area contributed by atoms with E-state index in [2.05, 4.69) is 92.2 Å². The molecule has 0 N–H and O–H groups in total. The van der Waals surface area contributed by atoms with Gasteiger partial charge in [-0.25, -0.2) is 0 Å². The first-order chi connectivity index (χ1) is 10.9. The average molecular weight is 449 g/mol. The van der Waals surface area contributed by atoms with Crippen LogP contribution in [0.4, 0.5) is 0 Å². The Morgan fingerprint density at radius 1 is 0.960 bits per heavy atom. The van der Waals surface area contributed by atoms with E-state index in [0.29, 0.717) is 5.92 Å². The maximum atomic E-state index is 2.33. The molecule has 3 aromatic carbocycles. The molecule has 0 aliphatic heterocycles. The minimum atomic E-state index is 0. The number of hydrogen-bond donors (Lipinski definition) is 0. The number of fused-ring (bicyclic) bond motifs is 2. The van der Waals surface area contributed by atoms with Gasteiger partial charge in [0, 0.05) is 5.92 Å². The second-order valence-corrected chi connectivity index (χ2v) is 5.73. The van der Waals surface area contributed by atoms with Crippen LogP contribution in [-0.2, 0) is 26.2 Å². The molecule has 0 amide bonds. The third kappa shape index (κ3) is 6.48. The molecule has 1 aliphatic carbocycles. The number of unbranched alkanes of at least 4 members (excludes halogenated alkanes) is 1. The minimum absolute atomic E-state index is 0. The Morgan fingerprint density at radius 2 is 1.68 bits per heavy atom. The molecule has 0 spiro atoms. The van der Waals surface area contributed by atoms with Gasteiger partial charge in [-0.3, -0.25) is 0 Å². The fraction of sp³-hybridized carbons (Fsp3) is 0.182. The number of benzene rings is 2. The van der Waals surface area contributed by atoms with Gasteiger partial charge in [-0.15, -0.1) is 29.7 Å². The van der Waals surface area contributed by atoms with Gasteiger partial charge in [-0.05, 0) is 11.1 Å². The molecule has 0 saturated heterocycles. The molecule has 0 fully saturated rings. The molecule has 4 rings (SSSR count). The van der Waals surface area contributed by atoms with Crippen molar-refractivity contribution < 1.29 is 51.0 Å². The van der Waals surface area contributed by atoms with E-state index >= 15 is 0 Å². The predicted molar refractivity (Wildman–Crippen MR) is 97.0 cm³/mol. The van der Waals surface area contributed by atoms with Crippen LogP contribution < -0.4 is 24.8 Å². The molecule has 0 heterocycles. The van der Waals surface area contributed by atoms with E-state index in [4.69, 9.17) is 0 Å². The van der Waals surface area contributed by atoms with Crippen molar-refractivity contribution in [3.05, 3.63) is 90.4 Å². The van der Waals surface area contributed by atoms with Crippen molar-refractivity contribution in [2.45, 2.75) is 25.7 Å². The largest absolute Gasteiger partial charge is 4.00 e. The van der Waals surface area contributed by atoms with Gasteiger partial charge < -0.3 is 31.2 Å². The predicted octanol–water partition coefficient (Wildman–Crippen LogP) is 0.366. The molecule has 0 nitrogen and oxygen atoms in total. The summed E-state index contributed by atoms with van der Waals surface area (Å²) in [6.07, 6.45) is 9.28. The molecule has 128 valence electrons. The van der Waals surface area contributed by atoms with Crippen LogP contribution in [-0.4, -0.2) is 0 Å². The molecule has 1 unspecified atom stereocenters. The first-order valence-electron chi connectivity index (χ1n) is 8.04. The Kier molecular flexibility index (Phi) is 12.2. The van der Waals surface area contributed by atoms with Gasteiger partial charge in [-0.1, -0.05) is 48.9 Å². The molecule has 1 aliphatic rings. The SMILES string of the molecule is C[CH-]CCC1C=Cc2ccccc21.[Cl-].[Cl-].[Zr+4].c1ccc2[cH-]ccc2c1. The van der Waals surface area contributed by atoms with E-state index in [-0.39, 0.29) is 51.0 Å². The molecule has 0 aromatic heterocycles. The van der Waals surface area contributed by atoms with Gasteiger partial charge in [-0.2, -0.15) is 30.9 Å². The third-order valence-corrected chi connectivity index (χ3v) is 4.22. The smallest absolute Gasteiger partial charge is 1.00 e. The summed E-state index contributed by atoms with van der Waals surface area (Å²) in [6, 6.07) is 23.4. The molecule has 25 heavy (non-hydrogen) atoms. The Hall–Kier alpha value is -0.747. The van der Waals surface area contributed by atoms with E-state index in [1.807, 2.05) is 0 Å². The number of hydrogen-bond acceptors (Lipinski definition) is 0. The van der Waals surface area contributed by atoms with Gasteiger partial charge in [0.05, 0.1) is 0 Å². The summed E-state index contributed by atoms with van der Waals surface area (Å²) >= 11 is 0. The molecular formula is C22H22Cl2Zr. The summed E-state index contributed by atoms with van der Waals surface area (Å²) in [6.45, 7) is 2.13. The third-order valence-electron chi connectivity index (χ3n) is 4.22. The summed E-state index contributed by atoms with van der Waals surface area (Å²) in [5.41, 5.74) is 2.91. The average Bonchev–Trinajstić information content (AvgIpc) is 3.20. The molecule has 0 saturated carbocycles. The Bertz CT molecular complexity index is 731. The first kappa shape index (κ1) is 24.3. The zero-order valence-electron chi connectivity index (χ0n) is 14.3. The van der Waals surface area contributed by atoms with Gasteiger partial charge in [0.25, 0.3) is 0 Å². The summed E-state index contributed by atoms with van der Waals surface area (Å²) in [7, 11) is 0. The van der Waals surface area contributed by atoms with E-state index in [1.54, 1.807) is 0 Å². The van der Waals surface area contributed by atoms with E-state index < -0.39 is 0 Å². The first-order valence-corrected chi connectivity index (χ1v) is 8.04. The van der Waals surface area contributed by atoms with E-state index in [1.165, 1.54) is 34.7 Å². The van der Waals surface area contributed by atoms with Crippen LogP contribution in [0.25, 0.3) is 16.8 Å². The van der Waals surface area contributed by atoms with Crippen LogP contribution in [0, 0.1) is 6.42 Å². The van der Waals surface area contributed by atoms with Crippen LogP contribution in [0.2, 0.25) is 0 Å². The molecular weight excluding hydrogens is 426 g/mol. The van der Waals surface area contributed by atoms with Crippen LogP contribution >= 0.6 is 0 Å². The Morgan fingerprint density at radius 3 is 2.44 bits per heavy atom. The second-order valence-electron chi connectivity index (χ2n) is 5.73. The minimum Gasteiger partial charge on any atom is -1.00 e. The van der Waals surface area contributed by atoms with Crippen molar-refractivity contribution >= 4 is 16.8 Å². The van der Waals surface area contributed by atoms with Crippen LogP contribution in [0.5, 0.6) is 0 Å². The summed E-state index contributed by atoms with van der Waals surface area (Å²) in [4.78, 5) is 0. The fourth-order valence-corrected chi connectivity index (χ4v) is 2.99. The van der Waals surface area contributed by atoms with Crippen LogP contribution in [0.3, 0.4) is 0 Å². The van der Waals surface area contributed by atoms with Crippen LogP contribution in [0.1, 0.15) is 36.8 Å². The van der Waals surface area contributed by atoms with Gasteiger partial charge in [0.2, 0.25) is 0 Å². The number of allylic oxidation sites excluding steroid dienone is 1. The normalized spacial score (nSPS) is 13.6. The van der Waals surface area contributed by atoms with Gasteiger partial charge in [0.15, 0.2) is 0 Å². The topological polar surface area (TPSA) is 0 Å². The van der Waals surface area contributed by atoms with E-state index in [0.717, 1.165) is 0 Å². The molecule has 3 aromatic rings. The van der Waals surface area contributed by atoms with E-state index in [9.17, 15) is 0 Å². The van der Waals surface area contributed by atoms with Crippen molar-refractivity contribution in [2.24, 2.45) is 0 Å². The second kappa shape index (κ2) is 12.6. The number of rotatable bonds is 3. The van der Waals surface area contributed by atoms with Gasteiger partial charge in [0.1, 0.15) is 0 Å². The standard InChI is InChI=1S/C13H15.C9H7.2ClH.Zr/c1-2-3-6-11-9-10-12-7-4-5-8-13(11)12;1-2-5-9-7-3-6-8(9)4-1;;;/h2,4-5,7-11H,3,6H2,1H3;1-7H;2*1H;/q2*-1;;;+4/p-2. The maximum absolute atomic E-state index is 2.33. The zero-order valence-corrected chi connectivity index (χ0v) is 18.3. The van der Waals surface area contributed by atoms with Crippen molar-refractivity contribution in [2.75, 3.05) is 0 Å². The number of halogens is 2. The monoisotopic (exact) mass is 446 g/mol. The summed E-state index contributed by atoms with van der Waals surface area (Å²) in [5, 5.41) is 2.66. The molecule has 1 atom stereocenters. The molecule has 0 bridgehead atoms. The maximum Gasteiger partial charge on any atom is 4.00 e. The quantitative estimate of drug-likeness (QED) is 0.508. The summed E-state index contributed by atoms with van der Waals surface area (Å²) < 4.78 is 0. The zero-order chi connectivity index (χ0) is 15.2. The van der Waals surface area contributed by atoms with Gasteiger partial charge >= 0.3 is 26.2 Å². The van der Waals surface area contributed by atoms with Crippen molar-refractivity contribution in [1.82, 2.24) is 0 Å². The fourth-order valence-electron chi connectivity index (χ4n) is 2.99. The molecule has 3 heteroatoms. The Labute approximate surface area is 183 Å².